The first kappa shape index (κ1) is 17.8. The van der Waals surface area contributed by atoms with Gasteiger partial charge in [-0.3, -0.25) is 4.79 Å². The molecule has 2 aromatic rings. The summed E-state index contributed by atoms with van der Waals surface area (Å²) in [6.07, 6.45) is 0.473. The van der Waals surface area contributed by atoms with E-state index in [1.54, 1.807) is 18.2 Å². The minimum Gasteiger partial charge on any atom is -0.381 e. The molecule has 7 heteroatoms. The fourth-order valence-corrected chi connectivity index (χ4v) is 4.69. The Hall–Kier alpha value is -2.05. The second kappa shape index (κ2) is 7.45. The second-order valence-electron chi connectivity index (χ2n) is 6.14. The minimum atomic E-state index is -3.01. The van der Waals surface area contributed by atoms with Crippen molar-refractivity contribution in [2.75, 3.05) is 16.8 Å². The van der Waals surface area contributed by atoms with Crippen molar-refractivity contribution in [3.05, 3.63) is 64.7 Å². The quantitative estimate of drug-likeness (QED) is 0.838. The highest BCUT2D eigenvalue weighted by Gasteiger charge is 2.29. The van der Waals surface area contributed by atoms with Gasteiger partial charge in [-0.15, -0.1) is 0 Å². The standard InChI is InChI=1S/C18H19ClN2O3S/c19-15-5-1-3-13(9-15)11-20-16-6-2-4-14(10-16)18(22)21-17-7-8-25(23,24)12-17/h1-6,9-10,17,20H,7-8,11-12H2,(H,21,22)/t17-/m0/s1. The molecule has 0 aliphatic carbocycles. The number of rotatable bonds is 5. The molecule has 25 heavy (non-hydrogen) atoms. The van der Waals surface area contributed by atoms with Crippen LogP contribution >= 0.6 is 11.6 Å². The van der Waals surface area contributed by atoms with Crippen molar-refractivity contribution in [3.63, 3.8) is 0 Å². The van der Waals surface area contributed by atoms with Crippen molar-refractivity contribution in [1.29, 1.82) is 0 Å². The van der Waals surface area contributed by atoms with Crippen LogP contribution in [0.3, 0.4) is 0 Å². The molecule has 5 nitrogen and oxygen atoms in total. The van der Waals surface area contributed by atoms with E-state index in [4.69, 9.17) is 11.6 Å². The average Bonchev–Trinajstić information content (AvgIpc) is 2.92. The smallest absolute Gasteiger partial charge is 0.251 e. The van der Waals surface area contributed by atoms with Gasteiger partial charge < -0.3 is 10.6 Å². The summed E-state index contributed by atoms with van der Waals surface area (Å²) in [5.41, 5.74) is 2.35. The molecule has 1 heterocycles. The van der Waals surface area contributed by atoms with Crippen LogP contribution in [-0.4, -0.2) is 31.9 Å². The summed E-state index contributed by atoms with van der Waals surface area (Å²) in [6, 6.07) is 14.4. The number of carbonyl (C=O) groups excluding carboxylic acids is 1. The van der Waals surface area contributed by atoms with Crippen molar-refractivity contribution >= 4 is 33.0 Å². The van der Waals surface area contributed by atoms with Crippen LogP contribution in [0.2, 0.25) is 5.02 Å². The molecule has 0 saturated carbocycles. The van der Waals surface area contributed by atoms with E-state index in [0.717, 1.165) is 11.3 Å². The number of hydrogen-bond acceptors (Lipinski definition) is 4. The van der Waals surface area contributed by atoms with Gasteiger partial charge in [0.05, 0.1) is 11.5 Å². The molecule has 1 atom stereocenters. The van der Waals surface area contributed by atoms with E-state index in [-0.39, 0.29) is 23.5 Å². The van der Waals surface area contributed by atoms with E-state index in [1.807, 2.05) is 30.3 Å². The highest BCUT2D eigenvalue weighted by molar-refractivity contribution is 7.91. The molecule has 0 unspecified atom stereocenters. The van der Waals surface area contributed by atoms with E-state index in [2.05, 4.69) is 10.6 Å². The molecule has 1 saturated heterocycles. The molecule has 1 amide bonds. The number of amides is 1. The Morgan fingerprint density at radius 3 is 2.68 bits per heavy atom. The van der Waals surface area contributed by atoms with Gasteiger partial charge in [0.2, 0.25) is 0 Å². The molecule has 0 spiro atoms. The molecule has 1 fully saturated rings. The van der Waals surface area contributed by atoms with Gasteiger partial charge in [-0.25, -0.2) is 8.42 Å². The Kier molecular flexibility index (Phi) is 5.30. The lowest BCUT2D eigenvalue weighted by molar-refractivity contribution is 0.0941. The second-order valence-corrected chi connectivity index (χ2v) is 8.80. The van der Waals surface area contributed by atoms with Crippen molar-refractivity contribution in [1.82, 2.24) is 5.32 Å². The van der Waals surface area contributed by atoms with Gasteiger partial charge in [-0.1, -0.05) is 29.8 Å². The summed E-state index contributed by atoms with van der Waals surface area (Å²) in [7, 11) is -3.01. The molecule has 3 rings (SSSR count). The van der Waals surface area contributed by atoms with Crippen LogP contribution in [0.4, 0.5) is 5.69 Å². The molecule has 1 aliphatic heterocycles. The lowest BCUT2D eigenvalue weighted by atomic mass is 10.1. The first-order valence-electron chi connectivity index (χ1n) is 8.01. The fraction of sp³-hybridized carbons (Fsp3) is 0.278. The molecule has 1 aliphatic rings. The number of halogens is 1. The van der Waals surface area contributed by atoms with Gasteiger partial charge in [-0.2, -0.15) is 0 Å². The topological polar surface area (TPSA) is 75.3 Å². The highest BCUT2D eigenvalue weighted by Crippen LogP contribution is 2.16. The number of anilines is 1. The lowest BCUT2D eigenvalue weighted by Crippen LogP contribution is -2.35. The zero-order valence-electron chi connectivity index (χ0n) is 13.5. The largest absolute Gasteiger partial charge is 0.381 e. The van der Waals surface area contributed by atoms with Gasteiger partial charge in [0.1, 0.15) is 0 Å². The molecule has 2 aromatic carbocycles. The van der Waals surface area contributed by atoms with E-state index in [9.17, 15) is 13.2 Å². The SMILES string of the molecule is O=C(N[C@H]1CCS(=O)(=O)C1)c1cccc(NCc2cccc(Cl)c2)c1. The van der Waals surface area contributed by atoms with Crippen LogP contribution in [0.15, 0.2) is 48.5 Å². The van der Waals surface area contributed by atoms with E-state index in [0.29, 0.717) is 23.6 Å². The highest BCUT2D eigenvalue weighted by atomic mass is 35.5. The fourth-order valence-electron chi connectivity index (χ4n) is 2.80. The summed E-state index contributed by atoms with van der Waals surface area (Å²) in [5.74, 6) is -0.0986. The number of sulfone groups is 1. The van der Waals surface area contributed by atoms with Crippen molar-refractivity contribution in [2.24, 2.45) is 0 Å². The van der Waals surface area contributed by atoms with Gasteiger partial charge in [0.15, 0.2) is 9.84 Å². The molecule has 0 radical (unpaired) electrons. The third-order valence-corrected chi connectivity index (χ3v) is 6.08. The van der Waals surface area contributed by atoms with Gasteiger partial charge in [0.25, 0.3) is 5.91 Å². The van der Waals surface area contributed by atoms with E-state index >= 15 is 0 Å². The zero-order chi connectivity index (χ0) is 17.9. The molecule has 0 aromatic heterocycles. The summed E-state index contributed by atoms with van der Waals surface area (Å²) in [5, 5.41) is 6.73. The van der Waals surface area contributed by atoms with Crippen LogP contribution in [0.1, 0.15) is 22.3 Å². The Labute approximate surface area is 152 Å². The van der Waals surface area contributed by atoms with Crippen LogP contribution in [0.5, 0.6) is 0 Å². The van der Waals surface area contributed by atoms with Crippen molar-refractivity contribution in [3.8, 4) is 0 Å². The third kappa shape index (κ3) is 4.96. The molecule has 132 valence electrons. The summed E-state index contributed by atoms with van der Waals surface area (Å²) in [4.78, 5) is 12.3. The van der Waals surface area contributed by atoms with Crippen molar-refractivity contribution in [2.45, 2.75) is 19.0 Å². The maximum Gasteiger partial charge on any atom is 0.251 e. The van der Waals surface area contributed by atoms with Crippen LogP contribution in [-0.2, 0) is 16.4 Å². The molecule has 2 N–H and O–H groups in total. The van der Waals surface area contributed by atoms with E-state index in [1.165, 1.54) is 0 Å². The predicted octanol–water partition coefficient (Wildman–Crippen LogP) is 2.87. The van der Waals surface area contributed by atoms with Gasteiger partial charge >= 0.3 is 0 Å². The summed E-state index contributed by atoms with van der Waals surface area (Å²) >= 11 is 5.97. The number of benzene rings is 2. The predicted molar refractivity (Wildman–Crippen MR) is 99.7 cm³/mol. The number of nitrogens with one attached hydrogen (secondary N) is 2. The summed E-state index contributed by atoms with van der Waals surface area (Å²) < 4.78 is 23.0. The van der Waals surface area contributed by atoms with E-state index < -0.39 is 9.84 Å². The summed E-state index contributed by atoms with van der Waals surface area (Å²) in [6.45, 7) is 0.590. The monoisotopic (exact) mass is 378 g/mol. The Morgan fingerprint density at radius 2 is 1.96 bits per heavy atom. The Morgan fingerprint density at radius 1 is 1.16 bits per heavy atom. The number of hydrogen-bond donors (Lipinski definition) is 2. The zero-order valence-corrected chi connectivity index (χ0v) is 15.1. The number of carbonyl (C=O) groups is 1. The molecular formula is C18H19ClN2O3S. The van der Waals surface area contributed by atoms with Crippen LogP contribution < -0.4 is 10.6 Å². The first-order chi connectivity index (χ1) is 11.9. The van der Waals surface area contributed by atoms with Crippen molar-refractivity contribution < 1.29 is 13.2 Å². The molecular weight excluding hydrogens is 360 g/mol. The minimum absolute atomic E-state index is 0.0193. The third-order valence-electron chi connectivity index (χ3n) is 4.08. The Balaban J connectivity index is 1.62. The van der Waals surface area contributed by atoms with Crippen LogP contribution in [0.25, 0.3) is 0 Å². The maximum absolute atomic E-state index is 12.3. The Bertz CT molecular complexity index is 883. The van der Waals surface area contributed by atoms with Gasteiger partial charge in [-0.05, 0) is 42.3 Å². The average molecular weight is 379 g/mol. The molecule has 0 bridgehead atoms. The maximum atomic E-state index is 12.3. The normalized spacial score (nSPS) is 18.7. The lowest BCUT2D eigenvalue weighted by Gasteiger charge is -2.12. The first-order valence-corrected chi connectivity index (χ1v) is 10.2. The van der Waals surface area contributed by atoms with Gasteiger partial charge in [0, 0.05) is 28.9 Å². The van der Waals surface area contributed by atoms with Crippen LogP contribution in [0, 0.1) is 0 Å².